The minimum absolute atomic E-state index is 0.00989. The molecule has 4 heteroatoms. The van der Waals surface area contributed by atoms with E-state index in [1.807, 2.05) is 0 Å². The van der Waals surface area contributed by atoms with Gasteiger partial charge in [-0.1, -0.05) is 12.8 Å². The molecule has 1 unspecified atom stereocenters. The molecule has 1 saturated heterocycles. The van der Waals surface area contributed by atoms with Gasteiger partial charge < -0.3 is 16.0 Å². The minimum Gasteiger partial charge on any atom is -0.352 e. The van der Waals surface area contributed by atoms with Crippen molar-refractivity contribution in [3.63, 3.8) is 0 Å². The molecule has 0 radical (unpaired) electrons. The molecule has 17 heavy (non-hydrogen) atoms. The van der Waals surface area contributed by atoms with E-state index in [1.165, 1.54) is 25.7 Å². The molecule has 1 amide bonds. The van der Waals surface area contributed by atoms with Gasteiger partial charge in [0, 0.05) is 25.2 Å². The zero-order valence-corrected chi connectivity index (χ0v) is 10.8. The fraction of sp³-hybridized carbons (Fsp3) is 0.923. The molecule has 2 rings (SSSR count). The number of nitrogens with zero attached hydrogens (tertiary/aromatic N) is 1. The SMILES string of the molecule is CC(N)C(=O)NC1CCN(C2CCCC2)CC1. The zero-order valence-electron chi connectivity index (χ0n) is 10.8. The molecule has 1 saturated carbocycles. The number of carbonyl (C=O) groups is 1. The Labute approximate surface area is 104 Å². The number of rotatable bonds is 3. The van der Waals surface area contributed by atoms with E-state index in [9.17, 15) is 4.79 Å². The molecule has 1 atom stereocenters. The summed E-state index contributed by atoms with van der Waals surface area (Å²) in [6.07, 6.45) is 7.69. The van der Waals surface area contributed by atoms with Gasteiger partial charge in [-0.25, -0.2) is 0 Å². The van der Waals surface area contributed by atoms with Crippen molar-refractivity contribution in [3.8, 4) is 0 Å². The van der Waals surface area contributed by atoms with Gasteiger partial charge in [0.1, 0.15) is 0 Å². The number of carbonyl (C=O) groups excluding carboxylic acids is 1. The average molecular weight is 239 g/mol. The van der Waals surface area contributed by atoms with Crippen molar-refractivity contribution in [2.75, 3.05) is 13.1 Å². The lowest BCUT2D eigenvalue weighted by Gasteiger charge is -2.36. The summed E-state index contributed by atoms with van der Waals surface area (Å²) in [7, 11) is 0. The first kappa shape index (κ1) is 12.8. The van der Waals surface area contributed by atoms with Gasteiger partial charge in [0.2, 0.25) is 5.91 Å². The first-order valence-corrected chi connectivity index (χ1v) is 6.97. The molecule has 2 fully saturated rings. The van der Waals surface area contributed by atoms with E-state index in [-0.39, 0.29) is 11.9 Å². The van der Waals surface area contributed by atoms with Gasteiger partial charge >= 0.3 is 0 Å². The van der Waals surface area contributed by atoms with Gasteiger partial charge in [-0.05, 0) is 32.6 Å². The second-order valence-electron chi connectivity index (χ2n) is 5.55. The van der Waals surface area contributed by atoms with Crippen LogP contribution in [-0.2, 0) is 4.79 Å². The fourth-order valence-corrected chi connectivity index (χ4v) is 3.01. The van der Waals surface area contributed by atoms with Crippen LogP contribution in [-0.4, -0.2) is 42.0 Å². The van der Waals surface area contributed by atoms with Gasteiger partial charge in [0.05, 0.1) is 6.04 Å². The molecule has 0 spiro atoms. The summed E-state index contributed by atoms with van der Waals surface area (Å²) in [6.45, 7) is 4.01. The van der Waals surface area contributed by atoms with Crippen molar-refractivity contribution >= 4 is 5.91 Å². The molecule has 1 heterocycles. The molecular weight excluding hydrogens is 214 g/mol. The highest BCUT2D eigenvalue weighted by atomic mass is 16.2. The molecule has 0 aromatic rings. The number of nitrogens with two attached hydrogens (primary N) is 1. The highest BCUT2D eigenvalue weighted by Gasteiger charge is 2.27. The van der Waals surface area contributed by atoms with E-state index >= 15 is 0 Å². The fourth-order valence-electron chi connectivity index (χ4n) is 3.01. The van der Waals surface area contributed by atoms with Crippen LogP contribution in [0.15, 0.2) is 0 Å². The number of hydrogen-bond acceptors (Lipinski definition) is 3. The predicted octanol–water partition coefficient (Wildman–Crippen LogP) is 0.857. The van der Waals surface area contributed by atoms with Gasteiger partial charge in [-0.2, -0.15) is 0 Å². The Hall–Kier alpha value is -0.610. The monoisotopic (exact) mass is 239 g/mol. The molecule has 3 N–H and O–H groups in total. The largest absolute Gasteiger partial charge is 0.352 e. The Morgan fingerprint density at radius 2 is 1.82 bits per heavy atom. The Bertz CT molecular complexity index is 253. The molecule has 0 bridgehead atoms. The third kappa shape index (κ3) is 3.42. The van der Waals surface area contributed by atoms with E-state index in [1.54, 1.807) is 6.92 Å². The molecule has 1 aliphatic carbocycles. The Morgan fingerprint density at radius 3 is 2.35 bits per heavy atom. The number of piperidine rings is 1. The Balaban J connectivity index is 1.72. The Kier molecular flexibility index (Phi) is 4.40. The predicted molar refractivity (Wildman–Crippen MR) is 68.6 cm³/mol. The number of likely N-dealkylation sites (tertiary alicyclic amines) is 1. The van der Waals surface area contributed by atoms with Crippen molar-refractivity contribution in [1.82, 2.24) is 10.2 Å². The van der Waals surface area contributed by atoms with Crippen LogP contribution in [0, 0.1) is 0 Å². The number of nitrogens with one attached hydrogen (secondary N) is 1. The highest BCUT2D eigenvalue weighted by Crippen LogP contribution is 2.26. The van der Waals surface area contributed by atoms with Gasteiger partial charge in [0.25, 0.3) is 0 Å². The standard InChI is InChI=1S/C13H25N3O/c1-10(14)13(17)15-11-6-8-16(9-7-11)12-4-2-3-5-12/h10-12H,2-9,14H2,1H3,(H,15,17). The van der Waals surface area contributed by atoms with Gasteiger partial charge in [-0.3, -0.25) is 4.79 Å². The summed E-state index contributed by atoms with van der Waals surface area (Å²) in [6, 6.07) is 0.772. The lowest BCUT2D eigenvalue weighted by atomic mass is 10.0. The Morgan fingerprint density at radius 1 is 1.24 bits per heavy atom. The molecular formula is C13H25N3O. The summed E-state index contributed by atoms with van der Waals surface area (Å²) in [5.41, 5.74) is 5.56. The smallest absolute Gasteiger partial charge is 0.236 e. The zero-order chi connectivity index (χ0) is 12.3. The second-order valence-corrected chi connectivity index (χ2v) is 5.55. The quantitative estimate of drug-likeness (QED) is 0.768. The summed E-state index contributed by atoms with van der Waals surface area (Å²) in [4.78, 5) is 14.1. The van der Waals surface area contributed by atoms with Crippen LogP contribution in [0.2, 0.25) is 0 Å². The maximum Gasteiger partial charge on any atom is 0.236 e. The van der Waals surface area contributed by atoms with E-state index in [0.29, 0.717) is 6.04 Å². The molecule has 0 aromatic heterocycles. The summed E-state index contributed by atoms with van der Waals surface area (Å²) in [5.74, 6) is -0.00989. The highest BCUT2D eigenvalue weighted by molar-refractivity contribution is 5.81. The van der Waals surface area contributed by atoms with Crippen LogP contribution in [0.4, 0.5) is 0 Å². The third-order valence-corrected chi connectivity index (χ3v) is 4.13. The van der Waals surface area contributed by atoms with Crippen LogP contribution in [0.25, 0.3) is 0 Å². The maximum absolute atomic E-state index is 11.5. The minimum atomic E-state index is -0.386. The van der Waals surface area contributed by atoms with Crippen molar-refractivity contribution in [1.29, 1.82) is 0 Å². The molecule has 98 valence electrons. The molecule has 2 aliphatic rings. The molecule has 1 aliphatic heterocycles. The number of amides is 1. The van der Waals surface area contributed by atoms with Crippen molar-refractivity contribution in [3.05, 3.63) is 0 Å². The maximum atomic E-state index is 11.5. The second kappa shape index (κ2) is 5.83. The molecule has 0 aromatic carbocycles. The first-order valence-electron chi connectivity index (χ1n) is 6.97. The molecule has 4 nitrogen and oxygen atoms in total. The lowest BCUT2D eigenvalue weighted by molar-refractivity contribution is -0.123. The lowest BCUT2D eigenvalue weighted by Crippen LogP contribution is -2.50. The van der Waals surface area contributed by atoms with Crippen LogP contribution in [0.1, 0.15) is 45.4 Å². The first-order chi connectivity index (χ1) is 8.16. The summed E-state index contributed by atoms with van der Waals surface area (Å²) < 4.78 is 0. The number of hydrogen-bond donors (Lipinski definition) is 2. The van der Waals surface area contributed by atoms with Gasteiger partial charge in [-0.15, -0.1) is 0 Å². The van der Waals surface area contributed by atoms with Crippen LogP contribution in [0.5, 0.6) is 0 Å². The topological polar surface area (TPSA) is 58.4 Å². The summed E-state index contributed by atoms with van der Waals surface area (Å²) >= 11 is 0. The van der Waals surface area contributed by atoms with E-state index in [0.717, 1.165) is 32.0 Å². The van der Waals surface area contributed by atoms with E-state index < -0.39 is 0 Å². The van der Waals surface area contributed by atoms with Crippen molar-refractivity contribution < 1.29 is 4.79 Å². The van der Waals surface area contributed by atoms with E-state index in [2.05, 4.69) is 10.2 Å². The van der Waals surface area contributed by atoms with Crippen molar-refractivity contribution in [2.24, 2.45) is 5.73 Å². The average Bonchev–Trinajstić information content (AvgIpc) is 2.83. The van der Waals surface area contributed by atoms with Crippen LogP contribution in [0.3, 0.4) is 0 Å². The van der Waals surface area contributed by atoms with Crippen LogP contribution < -0.4 is 11.1 Å². The normalized spacial score (nSPS) is 26.0. The van der Waals surface area contributed by atoms with E-state index in [4.69, 9.17) is 5.73 Å². The summed E-state index contributed by atoms with van der Waals surface area (Å²) in [5, 5.41) is 3.04. The third-order valence-electron chi connectivity index (χ3n) is 4.13. The van der Waals surface area contributed by atoms with Gasteiger partial charge in [0.15, 0.2) is 0 Å². The van der Waals surface area contributed by atoms with Crippen LogP contribution >= 0.6 is 0 Å². The van der Waals surface area contributed by atoms with Crippen molar-refractivity contribution in [2.45, 2.75) is 63.6 Å².